The summed E-state index contributed by atoms with van der Waals surface area (Å²) in [5, 5.41) is 1.57. The van der Waals surface area contributed by atoms with Gasteiger partial charge in [0, 0.05) is 46.8 Å². The van der Waals surface area contributed by atoms with E-state index >= 15 is 0 Å². The van der Waals surface area contributed by atoms with Crippen molar-refractivity contribution < 1.29 is 22.8 Å². The molecule has 1 aliphatic rings. The number of aromatic nitrogens is 1. The van der Waals surface area contributed by atoms with Crippen LogP contribution in [-0.2, 0) is 23.9 Å². The zero-order valence-electron chi connectivity index (χ0n) is 21.0. The second-order valence-electron chi connectivity index (χ2n) is 9.79. The molecule has 4 aromatic rings. The lowest BCUT2D eigenvalue weighted by molar-refractivity contribution is -0.137. The summed E-state index contributed by atoms with van der Waals surface area (Å²) < 4.78 is 39.2. The van der Waals surface area contributed by atoms with Crippen molar-refractivity contribution in [2.24, 2.45) is 0 Å². The molecule has 5 nitrogen and oxygen atoms in total. The number of fused-ring (bicyclic) bond motifs is 1. The molecule has 9 heteroatoms. The van der Waals surface area contributed by atoms with Gasteiger partial charge in [-0.15, -0.1) is 0 Å². The molecule has 1 heterocycles. The molecule has 1 aromatic heterocycles. The molecular weight excluding hydrogens is 527 g/mol. The molecule has 0 saturated heterocycles. The Morgan fingerprint density at radius 1 is 0.949 bits per heavy atom. The molecule has 0 spiro atoms. The molecule has 1 N–H and O–H groups in total. The number of aromatic amines is 1. The highest BCUT2D eigenvalue weighted by atomic mass is 35.5. The van der Waals surface area contributed by atoms with Gasteiger partial charge < -0.3 is 14.8 Å². The lowest BCUT2D eigenvalue weighted by atomic mass is 10.1. The summed E-state index contributed by atoms with van der Waals surface area (Å²) in [7, 11) is 0. The van der Waals surface area contributed by atoms with Crippen LogP contribution in [0.1, 0.15) is 39.9 Å². The largest absolute Gasteiger partial charge is 0.416 e. The fourth-order valence-electron chi connectivity index (χ4n) is 4.66. The number of H-pyrrole nitrogens is 1. The first-order chi connectivity index (χ1) is 18.7. The molecule has 2 amide bonds. The number of carbonyl (C=O) groups excluding carboxylic acids is 2. The normalized spacial score (nSPS) is 13.4. The van der Waals surface area contributed by atoms with Gasteiger partial charge in [0.15, 0.2) is 0 Å². The molecule has 39 heavy (non-hydrogen) atoms. The molecule has 0 atom stereocenters. The highest BCUT2D eigenvalue weighted by molar-refractivity contribution is 6.30. The Morgan fingerprint density at radius 3 is 2.31 bits per heavy atom. The van der Waals surface area contributed by atoms with Crippen LogP contribution < -0.4 is 0 Å². The summed E-state index contributed by atoms with van der Waals surface area (Å²) in [6, 6.07) is 19.2. The van der Waals surface area contributed by atoms with Crippen molar-refractivity contribution in [1.29, 1.82) is 0 Å². The number of hydrogen-bond donors (Lipinski definition) is 1. The topological polar surface area (TPSA) is 56.4 Å². The first kappa shape index (κ1) is 26.8. The van der Waals surface area contributed by atoms with Gasteiger partial charge in [-0.05, 0) is 72.9 Å². The van der Waals surface area contributed by atoms with E-state index < -0.39 is 11.7 Å². The van der Waals surface area contributed by atoms with E-state index in [0.29, 0.717) is 29.1 Å². The Morgan fingerprint density at radius 2 is 1.64 bits per heavy atom. The van der Waals surface area contributed by atoms with Crippen LogP contribution in [-0.4, -0.2) is 45.7 Å². The average molecular weight is 554 g/mol. The fraction of sp³-hybridized carbons (Fsp3) is 0.267. The number of alkyl halides is 3. The highest BCUT2D eigenvalue weighted by Gasteiger charge is 2.35. The van der Waals surface area contributed by atoms with E-state index in [1.54, 1.807) is 34.1 Å². The van der Waals surface area contributed by atoms with Crippen LogP contribution in [0.25, 0.3) is 10.9 Å². The van der Waals surface area contributed by atoms with Gasteiger partial charge >= 0.3 is 6.18 Å². The van der Waals surface area contributed by atoms with Gasteiger partial charge in [0.1, 0.15) is 6.54 Å². The van der Waals surface area contributed by atoms with E-state index in [9.17, 15) is 22.8 Å². The van der Waals surface area contributed by atoms with Crippen molar-refractivity contribution >= 4 is 34.3 Å². The van der Waals surface area contributed by atoms with E-state index in [-0.39, 0.29) is 30.9 Å². The summed E-state index contributed by atoms with van der Waals surface area (Å²) in [4.78, 5) is 33.4. The highest BCUT2D eigenvalue weighted by Crippen LogP contribution is 2.30. The number of amides is 2. The van der Waals surface area contributed by atoms with E-state index in [1.165, 1.54) is 12.1 Å². The van der Waals surface area contributed by atoms with Gasteiger partial charge in [-0.3, -0.25) is 9.59 Å². The summed E-state index contributed by atoms with van der Waals surface area (Å²) in [5.74, 6) is -0.502. The Hall–Kier alpha value is -3.78. The fourth-order valence-corrected chi connectivity index (χ4v) is 4.79. The maximum Gasteiger partial charge on any atom is 0.416 e. The van der Waals surface area contributed by atoms with Crippen molar-refractivity contribution in [1.82, 2.24) is 14.8 Å². The number of rotatable bonds is 9. The minimum Gasteiger partial charge on any atom is -0.361 e. The van der Waals surface area contributed by atoms with Crippen LogP contribution >= 0.6 is 11.6 Å². The van der Waals surface area contributed by atoms with Gasteiger partial charge in [-0.25, -0.2) is 0 Å². The molecule has 5 rings (SSSR count). The van der Waals surface area contributed by atoms with Crippen LogP contribution in [0.5, 0.6) is 0 Å². The molecule has 0 bridgehead atoms. The molecule has 202 valence electrons. The molecule has 0 aliphatic heterocycles. The maximum atomic E-state index is 13.7. The van der Waals surface area contributed by atoms with Crippen molar-refractivity contribution in [3.05, 3.63) is 106 Å². The van der Waals surface area contributed by atoms with Crippen LogP contribution in [0, 0.1) is 0 Å². The van der Waals surface area contributed by atoms with Crippen LogP contribution in [0.2, 0.25) is 5.02 Å². The van der Waals surface area contributed by atoms with Crippen molar-refractivity contribution in [2.45, 2.75) is 38.0 Å². The van der Waals surface area contributed by atoms with Gasteiger partial charge in [0.25, 0.3) is 5.91 Å². The molecule has 1 fully saturated rings. The lowest BCUT2D eigenvalue weighted by Gasteiger charge is -2.28. The minimum atomic E-state index is -4.43. The zero-order chi connectivity index (χ0) is 27.6. The third kappa shape index (κ3) is 6.45. The number of halogens is 4. The molecule has 1 aliphatic carbocycles. The van der Waals surface area contributed by atoms with Crippen LogP contribution in [0.3, 0.4) is 0 Å². The monoisotopic (exact) mass is 553 g/mol. The Bertz CT molecular complexity index is 1460. The maximum absolute atomic E-state index is 13.7. The van der Waals surface area contributed by atoms with Gasteiger partial charge in [0.05, 0.1) is 5.56 Å². The number of nitrogens with one attached hydrogen (secondary N) is 1. The first-order valence-corrected chi connectivity index (χ1v) is 13.1. The number of para-hydroxylation sites is 1. The van der Waals surface area contributed by atoms with E-state index in [1.807, 2.05) is 30.5 Å². The quantitative estimate of drug-likeness (QED) is 0.250. The van der Waals surface area contributed by atoms with E-state index in [0.717, 1.165) is 41.4 Å². The predicted molar refractivity (Wildman–Crippen MR) is 144 cm³/mol. The average Bonchev–Trinajstić information content (AvgIpc) is 3.68. The van der Waals surface area contributed by atoms with Crippen molar-refractivity contribution in [3.63, 3.8) is 0 Å². The van der Waals surface area contributed by atoms with Gasteiger partial charge in [-0.2, -0.15) is 13.2 Å². The van der Waals surface area contributed by atoms with Crippen LogP contribution in [0.4, 0.5) is 13.2 Å². The first-order valence-electron chi connectivity index (χ1n) is 12.7. The van der Waals surface area contributed by atoms with Gasteiger partial charge in [-0.1, -0.05) is 41.9 Å². The SMILES string of the molecule is O=C(CN(C(=O)c1ccc(Cl)cc1)C1CC1)N(CCc1c[nH]c2ccccc12)Cc1ccc(C(F)(F)F)cc1. The smallest absolute Gasteiger partial charge is 0.361 e. The minimum absolute atomic E-state index is 0.0151. The molecule has 3 aromatic carbocycles. The molecule has 0 unspecified atom stereocenters. The second kappa shape index (κ2) is 11.1. The third-order valence-corrected chi connectivity index (χ3v) is 7.23. The third-order valence-electron chi connectivity index (χ3n) is 6.98. The summed E-state index contributed by atoms with van der Waals surface area (Å²) in [6.07, 6.45) is -0.338. The van der Waals surface area contributed by atoms with Gasteiger partial charge in [0.2, 0.25) is 5.91 Å². The molecular formula is C30H27ClF3N3O2. The van der Waals surface area contributed by atoms with E-state index in [2.05, 4.69) is 4.98 Å². The number of benzene rings is 3. The van der Waals surface area contributed by atoms with Crippen molar-refractivity contribution in [3.8, 4) is 0 Å². The zero-order valence-corrected chi connectivity index (χ0v) is 21.8. The van der Waals surface area contributed by atoms with E-state index in [4.69, 9.17) is 11.6 Å². The number of hydrogen-bond acceptors (Lipinski definition) is 2. The molecule has 1 saturated carbocycles. The number of carbonyl (C=O) groups is 2. The lowest BCUT2D eigenvalue weighted by Crippen LogP contribution is -2.44. The van der Waals surface area contributed by atoms with Crippen LogP contribution in [0.15, 0.2) is 79.0 Å². The Balaban J connectivity index is 1.36. The number of nitrogens with zero attached hydrogens (tertiary/aromatic N) is 2. The summed E-state index contributed by atoms with van der Waals surface area (Å²) in [5.41, 5.74) is 2.31. The second-order valence-corrected chi connectivity index (χ2v) is 10.2. The summed E-state index contributed by atoms with van der Waals surface area (Å²) >= 11 is 5.97. The van der Waals surface area contributed by atoms with Crippen molar-refractivity contribution in [2.75, 3.05) is 13.1 Å². The summed E-state index contributed by atoms with van der Waals surface area (Å²) in [6.45, 7) is 0.364. The molecule has 0 radical (unpaired) electrons. The Labute approximate surface area is 229 Å². The Kier molecular flexibility index (Phi) is 7.66. The standard InChI is InChI=1S/C30H27ClF3N3O2/c31-24-11-7-21(8-12-24)29(39)37(25-13-14-25)19-28(38)36(18-20-5-9-23(10-6-20)30(32,33)34)16-15-22-17-35-27-4-2-1-3-26(22)27/h1-12,17,25,35H,13-16,18-19H2. The predicted octanol–water partition coefficient (Wildman–Crippen LogP) is 6.72.